The second kappa shape index (κ2) is 5.13. The van der Waals surface area contributed by atoms with Crippen molar-refractivity contribution in [2.75, 3.05) is 6.54 Å². The van der Waals surface area contributed by atoms with Crippen LogP contribution in [0.4, 0.5) is 0 Å². The van der Waals surface area contributed by atoms with Gasteiger partial charge in [0.15, 0.2) is 0 Å². The number of hydrogen-bond donors (Lipinski definition) is 0. The minimum absolute atomic E-state index is 0.0192. The van der Waals surface area contributed by atoms with E-state index in [1.165, 1.54) is 0 Å². The number of aromatic nitrogens is 5. The van der Waals surface area contributed by atoms with Crippen molar-refractivity contribution in [2.45, 2.75) is 45.8 Å². The number of benzene rings is 1. The predicted octanol–water partition coefficient (Wildman–Crippen LogP) is 2.13. The summed E-state index contributed by atoms with van der Waals surface area (Å²) in [5, 5.41) is 16.7. The van der Waals surface area contributed by atoms with Gasteiger partial charge < -0.3 is 4.57 Å². The number of fused-ring (bicyclic) bond motifs is 2. The van der Waals surface area contributed by atoms with Gasteiger partial charge in [-0.3, -0.25) is 4.90 Å². The second-order valence-corrected chi connectivity index (χ2v) is 7.10. The van der Waals surface area contributed by atoms with Crippen molar-refractivity contribution in [1.82, 2.24) is 30.0 Å². The molecular weight excluding hydrogens is 292 g/mol. The first-order valence-electron chi connectivity index (χ1n) is 7.87. The minimum Gasteiger partial charge on any atom is -0.312 e. The Morgan fingerprint density at radius 1 is 1.13 bits per heavy atom. The fraction of sp³-hybridized carbons (Fsp3) is 0.500. The summed E-state index contributed by atoms with van der Waals surface area (Å²) in [5.41, 5.74) is 2.80. The average Bonchev–Trinajstić information content (AvgIpc) is 3.12. The van der Waals surface area contributed by atoms with Crippen LogP contribution in [0.2, 0.25) is 0 Å². The molecule has 7 heteroatoms. The van der Waals surface area contributed by atoms with Gasteiger partial charge in [-0.2, -0.15) is 0 Å². The summed E-state index contributed by atoms with van der Waals surface area (Å²) in [6.07, 6.45) is 0. The van der Waals surface area contributed by atoms with Gasteiger partial charge in [-0.25, -0.2) is 4.63 Å². The lowest BCUT2D eigenvalue weighted by atomic mass is 9.95. The molecule has 0 N–H and O–H groups in total. The molecule has 0 spiro atoms. The Hall–Kier alpha value is -2.28. The lowest BCUT2D eigenvalue weighted by Gasteiger charge is -2.29. The van der Waals surface area contributed by atoms with Crippen molar-refractivity contribution in [3.63, 3.8) is 0 Å². The van der Waals surface area contributed by atoms with E-state index in [0.29, 0.717) is 0 Å². The second-order valence-electron chi connectivity index (χ2n) is 7.10. The maximum absolute atomic E-state index is 4.85. The van der Waals surface area contributed by atoms with Gasteiger partial charge in [0, 0.05) is 25.0 Å². The van der Waals surface area contributed by atoms with Gasteiger partial charge >= 0.3 is 0 Å². The largest absolute Gasteiger partial charge is 0.312 e. The minimum atomic E-state index is 0.0192. The van der Waals surface area contributed by atoms with E-state index < -0.39 is 0 Å². The van der Waals surface area contributed by atoms with Crippen molar-refractivity contribution >= 4 is 11.0 Å². The lowest BCUT2D eigenvalue weighted by molar-refractivity contribution is 0.205. The van der Waals surface area contributed by atoms with E-state index in [9.17, 15) is 0 Å². The summed E-state index contributed by atoms with van der Waals surface area (Å²) in [4.78, 5) is 2.36. The summed E-state index contributed by atoms with van der Waals surface area (Å²) < 4.78 is 7.11. The zero-order valence-corrected chi connectivity index (χ0v) is 13.7. The monoisotopic (exact) mass is 312 g/mol. The van der Waals surface area contributed by atoms with Crippen molar-refractivity contribution in [3.05, 3.63) is 35.4 Å². The molecule has 0 saturated heterocycles. The fourth-order valence-electron chi connectivity index (χ4n) is 3.13. The fourth-order valence-corrected chi connectivity index (χ4v) is 3.13. The van der Waals surface area contributed by atoms with Gasteiger partial charge in [-0.15, -0.1) is 10.2 Å². The summed E-state index contributed by atoms with van der Waals surface area (Å²) in [6.45, 7) is 10.0. The molecule has 0 fully saturated rings. The van der Waals surface area contributed by atoms with Crippen molar-refractivity contribution < 1.29 is 4.63 Å². The molecule has 0 bridgehead atoms. The average molecular weight is 312 g/mol. The molecule has 0 atom stereocenters. The van der Waals surface area contributed by atoms with Gasteiger partial charge in [-0.05, 0) is 21.9 Å². The van der Waals surface area contributed by atoms with Crippen LogP contribution in [0.15, 0.2) is 22.8 Å². The molecule has 1 aliphatic heterocycles. The first-order chi connectivity index (χ1) is 11.0. The highest BCUT2D eigenvalue weighted by atomic mass is 16.6. The van der Waals surface area contributed by atoms with E-state index in [2.05, 4.69) is 56.8 Å². The van der Waals surface area contributed by atoms with Gasteiger partial charge in [-0.1, -0.05) is 32.9 Å². The van der Waals surface area contributed by atoms with Crippen LogP contribution in [0.3, 0.4) is 0 Å². The molecule has 1 aromatic carbocycles. The molecule has 3 aromatic rings. The van der Waals surface area contributed by atoms with Gasteiger partial charge in [0.1, 0.15) is 22.7 Å². The zero-order chi connectivity index (χ0) is 16.0. The molecule has 3 heterocycles. The van der Waals surface area contributed by atoms with Crippen molar-refractivity contribution in [2.24, 2.45) is 0 Å². The van der Waals surface area contributed by atoms with Crippen LogP contribution >= 0.6 is 0 Å². The molecule has 2 aromatic heterocycles. The molecule has 4 rings (SSSR count). The molecule has 0 amide bonds. The predicted molar refractivity (Wildman–Crippen MR) is 84.6 cm³/mol. The Bertz CT molecular complexity index is 844. The number of rotatable bonds is 2. The first-order valence-corrected chi connectivity index (χ1v) is 7.87. The van der Waals surface area contributed by atoms with Crippen LogP contribution in [0.25, 0.3) is 11.0 Å². The highest BCUT2D eigenvalue weighted by Gasteiger charge is 2.27. The van der Waals surface area contributed by atoms with E-state index in [1.54, 1.807) is 0 Å². The lowest BCUT2D eigenvalue weighted by Crippen LogP contribution is -2.35. The Labute approximate surface area is 134 Å². The van der Waals surface area contributed by atoms with E-state index in [0.717, 1.165) is 54.4 Å². The highest BCUT2D eigenvalue weighted by Crippen LogP contribution is 2.25. The summed E-state index contributed by atoms with van der Waals surface area (Å²) in [5.74, 6) is 2.10. The van der Waals surface area contributed by atoms with E-state index in [1.807, 2.05) is 12.1 Å². The Morgan fingerprint density at radius 2 is 2.00 bits per heavy atom. The Kier molecular flexibility index (Phi) is 3.19. The zero-order valence-electron chi connectivity index (χ0n) is 13.7. The number of nitrogens with zero attached hydrogens (tertiary/aromatic N) is 6. The van der Waals surface area contributed by atoms with Crippen LogP contribution in [-0.4, -0.2) is 36.5 Å². The van der Waals surface area contributed by atoms with Gasteiger partial charge in [0.2, 0.25) is 0 Å². The van der Waals surface area contributed by atoms with Gasteiger partial charge in [0.25, 0.3) is 0 Å². The molecule has 7 nitrogen and oxygen atoms in total. The molecule has 0 saturated carbocycles. The molecule has 1 aliphatic rings. The van der Waals surface area contributed by atoms with Crippen LogP contribution in [0.1, 0.15) is 38.0 Å². The van der Waals surface area contributed by atoms with Crippen molar-refractivity contribution in [3.8, 4) is 0 Å². The molecule has 0 unspecified atom stereocenters. The van der Waals surface area contributed by atoms with Crippen molar-refractivity contribution in [1.29, 1.82) is 0 Å². The summed E-state index contributed by atoms with van der Waals surface area (Å²) >= 11 is 0. The maximum atomic E-state index is 4.85. The summed E-state index contributed by atoms with van der Waals surface area (Å²) in [6, 6.07) is 5.98. The van der Waals surface area contributed by atoms with E-state index >= 15 is 0 Å². The normalized spacial score (nSPS) is 16.0. The van der Waals surface area contributed by atoms with E-state index in [-0.39, 0.29) is 5.41 Å². The number of hydrogen-bond acceptors (Lipinski definition) is 6. The van der Waals surface area contributed by atoms with Gasteiger partial charge in [0.05, 0.1) is 6.54 Å². The smallest absolute Gasteiger partial charge is 0.147 e. The standard InChI is InChI=1S/C16H20N6O/c1-16(2,3)15-18-17-13-10-21(7-8-22(13)15)9-11-5-4-6-12-14(11)20-23-19-12/h4-6H,7-10H2,1-3H3. The Morgan fingerprint density at radius 3 is 2.83 bits per heavy atom. The van der Waals surface area contributed by atoms with Crippen LogP contribution in [-0.2, 0) is 25.0 Å². The Balaban J connectivity index is 1.57. The molecule has 0 aliphatic carbocycles. The van der Waals surface area contributed by atoms with Crippen LogP contribution in [0, 0.1) is 0 Å². The maximum Gasteiger partial charge on any atom is 0.147 e. The van der Waals surface area contributed by atoms with Crippen LogP contribution in [0.5, 0.6) is 0 Å². The third-order valence-corrected chi connectivity index (χ3v) is 4.27. The SMILES string of the molecule is CC(C)(C)c1nnc2n1CCN(Cc1cccc3nonc13)C2. The third-order valence-electron chi connectivity index (χ3n) is 4.27. The topological polar surface area (TPSA) is 72.9 Å². The molecular formula is C16H20N6O. The quantitative estimate of drug-likeness (QED) is 0.722. The first kappa shape index (κ1) is 14.3. The van der Waals surface area contributed by atoms with Crippen LogP contribution < -0.4 is 0 Å². The summed E-state index contributed by atoms with van der Waals surface area (Å²) in [7, 11) is 0. The molecule has 0 radical (unpaired) electrons. The molecule has 120 valence electrons. The third kappa shape index (κ3) is 2.50. The molecule has 23 heavy (non-hydrogen) atoms. The highest BCUT2D eigenvalue weighted by molar-refractivity contribution is 5.76. The van der Waals surface area contributed by atoms with E-state index in [4.69, 9.17) is 4.63 Å².